The molecule has 2 heterocycles. The van der Waals surface area contributed by atoms with E-state index in [1.807, 2.05) is 76.2 Å². The first kappa shape index (κ1) is 40.1. The standard InChI is InChI=1S/C22H22O5.C18H32O4Si/c1-14(2)21-17(12-20(27-21)22(23)24)13-26-19-10-6-16(7-11-19)15-4-8-18(25-3)9-5-15;1-11(2)17-15(9-16(22-17)18(19)20)10-21-23(12(3)4,13(5)6)14(7)8/h4-12,14H,13H2,1-3H3,(H,23,24);9,11-14H,10H2,1-8H3,(H,19,20). The van der Waals surface area contributed by atoms with Gasteiger partial charge in [-0.1, -0.05) is 93.5 Å². The Kier molecular flexibility index (Phi) is 14.1. The Morgan fingerprint density at radius 1 is 0.620 bits per heavy atom. The Balaban J connectivity index is 0.000000275. The van der Waals surface area contributed by atoms with Crippen LogP contribution in [0.25, 0.3) is 11.1 Å². The summed E-state index contributed by atoms with van der Waals surface area (Å²) < 4.78 is 28.5. The van der Waals surface area contributed by atoms with Crippen molar-refractivity contribution in [2.75, 3.05) is 7.11 Å². The van der Waals surface area contributed by atoms with Gasteiger partial charge in [0, 0.05) is 23.0 Å². The average molecular weight is 707 g/mol. The van der Waals surface area contributed by atoms with E-state index in [4.69, 9.17) is 27.8 Å². The van der Waals surface area contributed by atoms with E-state index < -0.39 is 20.3 Å². The molecule has 0 aliphatic heterocycles. The second-order valence-corrected chi connectivity index (χ2v) is 19.5. The summed E-state index contributed by atoms with van der Waals surface area (Å²) in [6.45, 7) is 22.1. The number of hydrogen-bond acceptors (Lipinski definition) is 7. The molecular weight excluding hydrogens is 653 g/mol. The highest BCUT2D eigenvalue weighted by Gasteiger charge is 2.45. The maximum absolute atomic E-state index is 11.2. The second-order valence-electron chi connectivity index (χ2n) is 14.1. The van der Waals surface area contributed by atoms with E-state index in [1.54, 1.807) is 13.2 Å². The van der Waals surface area contributed by atoms with Crippen molar-refractivity contribution in [3.63, 3.8) is 0 Å². The summed E-state index contributed by atoms with van der Waals surface area (Å²) in [5.41, 5.74) is 5.27. The molecule has 0 atom stereocenters. The molecule has 50 heavy (non-hydrogen) atoms. The van der Waals surface area contributed by atoms with Gasteiger partial charge in [0.15, 0.2) is 0 Å². The van der Waals surface area contributed by atoms with Crippen molar-refractivity contribution in [1.82, 2.24) is 0 Å². The number of methoxy groups -OCH3 is 1. The predicted molar refractivity (Wildman–Crippen MR) is 198 cm³/mol. The van der Waals surface area contributed by atoms with Crippen molar-refractivity contribution in [2.45, 2.75) is 111 Å². The van der Waals surface area contributed by atoms with Crippen LogP contribution in [-0.2, 0) is 17.6 Å². The van der Waals surface area contributed by atoms with E-state index in [2.05, 4.69) is 41.5 Å². The summed E-state index contributed by atoms with van der Waals surface area (Å²) in [5, 5.41) is 18.3. The Morgan fingerprint density at radius 3 is 1.34 bits per heavy atom. The fourth-order valence-electron chi connectivity index (χ4n) is 6.69. The molecule has 0 unspecified atom stereocenters. The van der Waals surface area contributed by atoms with Crippen LogP contribution in [0.1, 0.15) is 125 Å². The SMILES string of the molecule is CC(C)c1oc(C(=O)O)cc1CO[Si](C(C)C)(C(C)C)C(C)C.COc1ccc(-c2ccc(OCc3cc(C(=O)O)oc3C(C)C)cc2)cc1. The van der Waals surface area contributed by atoms with E-state index in [0.29, 0.717) is 34.7 Å². The van der Waals surface area contributed by atoms with Gasteiger partial charge in [-0.05, 0) is 64.1 Å². The van der Waals surface area contributed by atoms with Gasteiger partial charge in [0.25, 0.3) is 0 Å². The van der Waals surface area contributed by atoms with Crippen LogP contribution in [-0.4, -0.2) is 37.6 Å². The number of furan rings is 2. The predicted octanol–water partition coefficient (Wildman–Crippen LogP) is 11.1. The van der Waals surface area contributed by atoms with Crippen molar-refractivity contribution in [3.05, 3.63) is 94.8 Å². The third-order valence-electron chi connectivity index (χ3n) is 9.01. The average Bonchev–Trinajstić information content (AvgIpc) is 3.70. The molecule has 9 nitrogen and oxygen atoms in total. The molecule has 0 aliphatic rings. The lowest BCUT2D eigenvalue weighted by Crippen LogP contribution is -2.47. The minimum absolute atomic E-state index is 0.00166. The van der Waals surface area contributed by atoms with Crippen LogP contribution in [0.2, 0.25) is 16.6 Å². The molecule has 2 aromatic heterocycles. The van der Waals surface area contributed by atoms with E-state index in [0.717, 1.165) is 33.8 Å². The van der Waals surface area contributed by atoms with Crippen LogP contribution >= 0.6 is 0 Å². The molecule has 0 amide bonds. The maximum atomic E-state index is 11.2. The van der Waals surface area contributed by atoms with Gasteiger partial charge in [-0.25, -0.2) is 9.59 Å². The number of aromatic carboxylic acids is 2. The highest BCUT2D eigenvalue weighted by Crippen LogP contribution is 2.43. The zero-order valence-corrected chi connectivity index (χ0v) is 32.3. The minimum Gasteiger partial charge on any atom is -0.497 e. The zero-order chi connectivity index (χ0) is 37.3. The molecule has 0 aliphatic carbocycles. The largest absolute Gasteiger partial charge is 0.497 e. The summed E-state index contributed by atoms with van der Waals surface area (Å²) in [4.78, 5) is 22.3. The molecule has 0 saturated carbocycles. The van der Waals surface area contributed by atoms with Gasteiger partial charge in [0.2, 0.25) is 19.8 Å². The minimum atomic E-state index is -1.98. The van der Waals surface area contributed by atoms with Crippen molar-refractivity contribution in [1.29, 1.82) is 0 Å². The van der Waals surface area contributed by atoms with Crippen LogP contribution in [0, 0.1) is 0 Å². The van der Waals surface area contributed by atoms with Crippen molar-refractivity contribution in [2.24, 2.45) is 0 Å². The lowest BCUT2D eigenvalue weighted by Gasteiger charge is -2.42. The summed E-state index contributed by atoms with van der Waals surface area (Å²) in [7, 11) is -0.331. The number of carbonyl (C=O) groups is 2. The van der Waals surface area contributed by atoms with Crippen LogP contribution < -0.4 is 9.47 Å². The summed E-state index contributed by atoms with van der Waals surface area (Å²) in [5.74, 6) is 0.934. The van der Waals surface area contributed by atoms with Gasteiger partial charge in [-0.3, -0.25) is 0 Å². The third kappa shape index (κ3) is 9.69. The highest BCUT2D eigenvalue weighted by molar-refractivity contribution is 6.77. The lowest BCUT2D eigenvalue weighted by molar-refractivity contribution is 0.0650. The molecular formula is C40H54O9Si. The van der Waals surface area contributed by atoms with Gasteiger partial charge in [0.1, 0.15) is 29.6 Å². The Bertz CT molecular complexity index is 1650. The normalized spacial score (nSPS) is 11.8. The van der Waals surface area contributed by atoms with Gasteiger partial charge >= 0.3 is 11.9 Å². The second kappa shape index (κ2) is 17.6. The van der Waals surface area contributed by atoms with E-state index in [9.17, 15) is 14.7 Å². The zero-order valence-electron chi connectivity index (χ0n) is 31.3. The van der Waals surface area contributed by atoms with E-state index in [1.165, 1.54) is 6.07 Å². The highest BCUT2D eigenvalue weighted by atomic mass is 28.4. The summed E-state index contributed by atoms with van der Waals surface area (Å²) >= 11 is 0. The molecule has 0 spiro atoms. The smallest absolute Gasteiger partial charge is 0.371 e. The Morgan fingerprint density at radius 2 is 1.00 bits per heavy atom. The molecule has 2 aromatic carbocycles. The van der Waals surface area contributed by atoms with Gasteiger partial charge in [-0.2, -0.15) is 0 Å². The van der Waals surface area contributed by atoms with Gasteiger partial charge in [-0.15, -0.1) is 0 Å². The fourth-order valence-corrected chi connectivity index (χ4v) is 12.1. The number of ether oxygens (including phenoxy) is 2. The van der Waals surface area contributed by atoms with Crippen LogP contribution in [0.5, 0.6) is 11.5 Å². The van der Waals surface area contributed by atoms with E-state index >= 15 is 0 Å². The molecule has 10 heteroatoms. The number of carboxylic acid groups (broad SMARTS) is 2. The van der Waals surface area contributed by atoms with Crippen molar-refractivity contribution < 1.29 is 42.5 Å². The monoisotopic (exact) mass is 706 g/mol. The molecule has 272 valence electrons. The maximum Gasteiger partial charge on any atom is 0.371 e. The van der Waals surface area contributed by atoms with Crippen molar-refractivity contribution >= 4 is 20.3 Å². The van der Waals surface area contributed by atoms with Crippen molar-refractivity contribution in [3.8, 4) is 22.6 Å². The van der Waals surface area contributed by atoms with Crippen LogP contribution in [0.4, 0.5) is 0 Å². The molecule has 0 radical (unpaired) electrons. The first-order chi connectivity index (χ1) is 23.5. The van der Waals surface area contributed by atoms with Crippen LogP contribution in [0.3, 0.4) is 0 Å². The van der Waals surface area contributed by atoms with Crippen LogP contribution in [0.15, 0.2) is 69.5 Å². The molecule has 0 bridgehead atoms. The summed E-state index contributed by atoms with van der Waals surface area (Å²) in [6.07, 6.45) is 0. The fraction of sp³-hybridized carbons (Fsp3) is 0.450. The number of carboxylic acids is 2. The molecule has 4 rings (SSSR count). The van der Waals surface area contributed by atoms with E-state index in [-0.39, 0.29) is 30.0 Å². The molecule has 2 N–H and O–H groups in total. The first-order valence-corrected chi connectivity index (χ1v) is 19.4. The molecule has 0 saturated heterocycles. The third-order valence-corrected chi connectivity index (χ3v) is 15.1. The molecule has 0 fully saturated rings. The summed E-state index contributed by atoms with van der Waals surface area (Å²) in [6, 6.07) is 18.8. The molecule has 4 aromatic rings. The Labute approximate surface area is 297 Å². The number of benzene rings is 2. The van der Waals surface area contributed by atoms with Gasteiger partial charge < -0.3 is 32.9 Å². The topological polar surface area (TPSA) is 129 Å². The lowest BCUT2D eigenvalue weighted by atomic mass is 10.1. The number of rotatable bonds is 15. The Hall–Kier alpha value is -4.28. The number of hydrogen-bond donors (Lipinski definition) is 2. The van der Waals surface area contributed by atoms with Gasteiger partial charge in [0.05, 0.1) is 13.7 Å². The first-order valence-electron chi connectivity index (χ1n) is 17.2. The quantitative estimate of drug-likeness (QED) is 0.116.